The Labute approximate surface area is 85.9 Å². The summed E-state index contributed by atoms with van der Waals surface area (Å²) in [7, 11) is 0. The zero-order valence-electron chi connectivity index (χ0n) is 7.93. The van der Waals surface area contributed by atoms with Crippen molar-refractivity contribution in [2.75, 3.05) is 0 Å². The Morgan fingerprint density at radius 1 is 0.583 bits per heavy atom. The SMILES string of the molecule is C1CCC(C2CCCC2)C1.Cl.P. The summed E-state index contributed by atoms with van der Waals surface area (Å²) in [6.45, 7) is 0. The topological polar surface area (TPSA) is 0 Å². The smallest absolute Gasteiger partial charge is 0.0386 e. The summed E-state index contributed by atoms with van der Waals surface area (Å²) < 4.78 is 0. The molecule has 1 unspecified atom stereocenters. The molecule has 0 radical (unpaired) electrons. The van der Waals surface area contributed by atoms with E-state index in [9.17, 15) is 0 Å². The van der Waals surface area contributed by atoms with Crippen molar-refractivity contribution in [1.82, 2.24) is 0 Å². The van der Waals surface area contributed by atoms with Crippen LogP contribution in [0.15, 0.2) is 0 Å². The highest BCUT2D eigenvalue weighted by Gasteiger charge is 2.26. The Balaban J connectivity index is 0.000000605. The molecule has 0 aromatic rings. The van der Waals surface area contributed by atoms with Crippen LogP contribution in [0.2, 0.25) is 0 Å². The zero-order chi connectivity index (χ0) is 6.81. The van der Waals surface area contributed by atoms with Crippen LogP contribution < -0.4 is 0 Å². The van der Waals surface area contributed by atoms with Gasteiger partial charge in [0.2, 0.25) is 0 Å². The lowest BCUT2D eigenvalue weighted by Gasteiger charge is -2.16. The van der Waals surface area contributed by atoms with E-state index in [4.69, 9.17) is 0 Å². The standard InChI is InChI=1S/C10H18.ClH.H3P/c1-2-6-9(5-1)10-7-3-4-8-10;;/h9-10H,1-8H2;1H;1H3. The molecular formula is C10H22ClP. The number of rotatable bonds is 1. The van der Waals surface area contributed by atoms with Gasteiger partial charge in [-0.15, -0.1) is 12.4 Å². The van der Waals surface area contributed by atoms with Gasteiger partial charge < -0.3 is 0 Å². The second kappa shape index (κ2) is 6.22. The second-order valence-electron chi connectivity index (χ2n) is 4.09. The minimum absolute atomic E-state index is 0. The maximum Gasteiger partial charge on any atom is -0.0386 e. The van der Waals surface area contributed by atoms with Crippen LogP contribution in [-0.2, 0) is 0 Å². The van der Waals surface area contributed by atoms with Crippen LogP contribution in [0, 0.1) is 11.8 Å². The molecule has 12 heavy (non-hydrogen) atoms. The summed E-state index contributed by atoms with van der Waals surface area (Å²) in [4.78, 5) is 0. The molecule has 2 saturated carbocycles. The molecule has 0 bridgehead atoms. The molecule has 0 nitrogen and oxygen atoms in total. The summed E-state index contributed by atoms with van der Waals surface area (Å²) >= 11 is 0. The van der Waals surface area contributed by atoms with E-state index in [1.165, 1.54) is 25.7 Å². The van der Waals surface area contributed by atoms with Gasteiger partial charge in [-0.25, -0.2) is 0 Å². The highest BCUT2D eigenvalue weighted by atomic mass is 35.5. The van der Waals surface area contributed by atoms with Crippen LogP contribution in [0.3, 0.4) is 0 Å². The molecule has 2 fully saturated rings. The lowest BCUT2D eigenvalue weighted by atomic mass is 9.90. The average molecular weight is 209 g/mol. The molecule has 0 saturated heterocycles. The van der Waals surface area contributed by atoms with Crippen molar-refractivity contribution in [3.63, 3.8) is 0 Å². The fourth-order valence-electron chi connectivity index (χ4n) is 2.86. The van der Waals surface area contributed by atoms with Crippen LogP contribution in [0.1, 0.15) is 51.4 Å². The largest absolute Gasteiger partial charge is 0.153 e. The first-order chi connectivity index (χ1) is 4.97. The molecule has 0 spiro atoms. The van der Waals surface area contributed by atoms with Crippen LogP contribution in [0.25, 0.3) is 0 Å². The van der Waals surface area contributed by atoms with Crippen molar-refractivity contribution in [1.29, 1.82) is 0 Å². The molecule has 2 aliphatic rings. The Hall–Kier alpha value is 0.720. The first kappa shape index (κ1) is 12.7. The van der Waals surface area contributed by atoms with E-state index in [0.717, 1.165) is 11.8 Å². The fourth-order valence-corrected chi connectivity index (χ4v) is 2.86. The van der Waals surface area contributed by atoms with E-state index in [1.807, 2.05) is 0 Å². The maximum atomic E-state index is 1.56. The number of halogens is 1. The second-order valence-corrected chi connectivity index (χ2v) is 4.09. The van der Waals surface area contributed by atoms with Gasteiger partial charge >= 0.3 is 0 Å². The van der Waals surface area contributed by atoms with Gasteiger partial charge in [0.1, 0.15) is 0 Å². The maximum absolute atomic E-state index is 1.56. The van der Waals surface area contributed by atoms with Gasteiger partial charge in [-0.05, 0) is 11.8 Å². The number of hydrogen-bond acceptors (Lipinski definition) is 0. The summed E-state index contributed by atoms with van der Waals surface area (Å²) in [5.41, 5.74) is 0. The van der Waals surface area contributed by atoms with Crippen molar-refractivity contribution >= 4 is 22.3 Å². The third-order valence-electron chi connectivity index (χ3n) is 3.47. The third kappa shape index (κ3) is 2.89. The van der Waals surface area contributed by atoms with Crippen LogP contribution >= 0.6 is 22.3 Å². The Kier molecular flexibility index (Phi) is 6.59. The molecule has 0 N–H and O–H groups in total. The van der Waals surface area contributed by atoms with Gasteiger partial charge in [-0.2, -0.15) is 9.90 Å². The van der Waals surface area contributed by atoms with Crippen LogP contribution in [0.5, 0.6) is 0 Å². The predicted octanol–water partition coefficient (Wildman–Crippen LogP) is 3.85. The molecule has 74 valence electrons. The Bertz CT molecular complexity index is 90.4. The van der Waals surface area contributed by atoms with Crippen molar-refractivity contribution in [3.05, 3.63) is 0 Å². The molecule has 0 heterocycles. The van der Waals surface area contributed by atoms with Gasteiger partial charge in [-0.1, -0.05) is 51.4 Å². The van der Waals surface area contributed by atoms with Gasteiger partial charge in [0.25, 0.3) is 0 Å². The minimum Gasteiger partial charge on any atom is -0.153 e. The molecule has 1 atom stereocenters. The van der Waals surface area contributed by atoms with E-state index in [-0.39, 0.29) is 22.3 Å². The van der Waals surface area contributed by atoms with Crippen molar-refractivity contribution < 1.29 is 0 Å². The van der Waals surface area contributed by atoms with Gasteiger partial charge in [0.05, 0.1) is 0 Å². The van der Waals surface area contributed by atoms with Gasteiger partial charge in [0, 0.05) is 0 Å². The van der Waals surface area contributed by atoms with E-state index in [1.54, 1.807) is 25.7 Å². The lowest BCUT2D eigenvalue weighted by Crippen LogP contribution is -2.06. The summed E-state index contributed by atoms with van der Waals surface area (Å²) in [5, 5.41) is 0. The highest BCUT2D eigenvalue weighted by Crippen LogP contribution is 2.39. The molecule has 0 aliphatic heterocycles. The zero-order valence-corrected chi connectivity index (χ0v) is 10.2. The summed E-state index contributed by atoms with van der Waals surface area (Å²) in [6.07, 6.45) is 12.4. The fraction of sp³-hybridized carbons (Fsp3) is 1.00. The molecule has 2 aliphatic carbocycles. The molecular weight excluding hydrogens is 187 g/mol. The first-order valence-corrected chi connectivity index (χ1v) is 4.97. The summed E-state index contributed by atoms with van der Waals surface area (Å²) in [6, 6.07) is 0. The van der Waals surface area contributed by atoms with Gasteiger partial charge in [-0.3, -0.25) is 0 Å². The summed E-state index contributed by atoms with van der Waals surface area (Å²) in [5.74, 6) is 2.31. The molecule has 2 heteroatoms. The van der Waals surface area contributed by atoms with E-state index in [0.29, 0.717) is 0 Å². The molecule has 2 rings (SSSR count). The van der Waals surface area contributed by atoms with Crippen LogP contribution in [0.4, 0.5) is 0 Å². The van der Waals surface area contributed by atoms with Crippen LogP contribution in [-0.4, -0.2) is 0 Å². The van der Waals surface area contributed by atoms with E-state index >= 15 is 0 Å². The van der Waals surface area contributed by atoms with E-state index < -0.39 is 0 Å². The molecule has 0 aromatic carbocycles. The van der Waals surface area contributed by atoms with Crippen molar-refractivity contribution in [2.24, 2.45) is 11.8 Å². The quantitative estimate of drug-likeness (QED) is 0.575. The first-order valence-electron chi connectivity index (χ1n) is 4.97. The predicted molar refractivity (Wildman–Crippen MR) is 62.3 cm³/mol. The Morgan fingerprint density at radius 3 is 1.08 bits per heavy atom. The van der Waals surface area contributed by atoms with E-state index in [2.05, 4.69) is 0 Å². The number of hydrogen-bond donors (Lipinski definition) is 0. The highest BCUT2D eigenvalue weighted by molar-refractivity contribution is 6.92. The molecule has 0 amide bonds. The third-order valence-corrected chi connectivity index (χ3v) is 3.47. The molecule has 0 aromatic heterocycles. The monoisotopic (exact) mass is 208 g/mol. The van der Waals surface area contributed by atoms with Crippen molar-refractivity contribution in [2.45, 2.75) is 51.4 Å². The minimum atomic E-state index is 0. The average Bonchev–Trinajstić information content (AvgIpc) is 2.59. The van der Waals surface area contributed by atoms with Crippen molar-refractivity contribution in [3.8, 4) is 0 Å². The Morgan fingerprint density at radius 2 is 0.833 bits per heavy atom. The normalized spacial score (nSPS) is 25.0. The lowest BCUT2D eigenvalue weighted by molar-refractivity contribution is 0.347. The van der Waals surface area contributed by atoms with Gasteiger partial charge in [0.15, 0.2) is 0 Å².